The molecule has 4 heteroatoms. The molecule has 19 heavy (non-hydrogen) atoms. The average molecular weight is 258 g/mol. The first-order chi connectivity index (χ1) is 9.09. The highest BCUT2D eigenvalue weighted by Crippen LogP contribution is 2.41. The molecule has 2 aromatic rings. The van der Waals surface area contributed by atoms with Gasteiger partial charge in [-0.05, 0) is 36.8 Å². The summed E-state index contributed by atoms with van der Waals surface area (Å²) in [5, 5.41) is 9.20. The van der Waals surface area contributed by atoms with Crippen LogP contribution in [0.2, 0.25) is 0 Å². The zero-order valence-electron chi connectivity index (χ0n) is 11.2. The van der Waals surface area contributed by atoms with Gasteiger partial charge in [0.2, 0.25) is 0 Å². The maximum atomic E-state index is 11.2. The molecule has 1 aliphatic carbocycles. The van der Waals surface area contributed by atoms with Gasteiger partial charge in [-0.3, -0.25) is 0 Å². The number of rotatable bonds is 2. The van der Waals surface area contributed by atoms with E-state index < -0.39 is 5.97 Å². The van der Waals surface area contributed by atoms with Gasteiger partial charge in [-0.1, -0.05) is 19.9 Å². The Balaban J connectivity index is 2.11. The van der Waals surface area contributed by atoms with Crippen molar-refractivity contribution in [1.29, 1.82) is 0 Å². The number of nitrogens with zero attached hydrogens (tertiary/aromatic N) is 2. The van der Waals surface area contributed by atoms with Gasteiger partial charge < -0.3 is 9.67 Å². The molecule has 3 unspecified atom stereocenters. The van der Waals surface area contributed by atoms with Crippen molar-refractivity contribution in [2.45, 2.75) is 32.7 Å². The van der Waals surface area contributed by atoms with Crippen LogP contribution in [-0.4, -0.2) is 20.6 Å². The molecule has 0 amide bonds. The van der Waals surface area contributed by atoms with E-state index in [1.807, 2.05) is 6.07 Å². The zero-order chi connectivity index (χ0) is 13.6. The first-order valence-corrected chi connectivity index (χ1v) is 6.78. The fourth-order valence-corrected chi connectivity index (χ4v) is 3.23. The second-order valence-electron chi connectivity index (χ2n) is 5.61. The number of aromatic carboxylic acids is 1. The molecule has 100 valence electrons. The number of carboxylic acid groups (broad SMARTS) is 1. The van der Waals surface area contributed by atoms with Crippen LogP contribution in [0.3, 0.4) is 0 Å². The number of benzene rings is 1. The van der Waals surface area contributed by atoms with Crippen molar-refractivity contribution in [2.24, 2.45) is 11.8 Å². The van der Waals surface area contributed by atoms with E-state index in [-0.39, 0.29) is 5.56 Å². The summed E-state index contributed by atoms with van der Waals surface area (Å²) < 4.78 is 2.16. The molecule has 1 heterocycles. The molecule has 3 atom stereocenters. The Hall–Kier alpha value is -1.84. The largest absolute Gasteiger partial charge is 0.478 e. The lowest BCUT2D eigenvalue weighted by atomic mass is 9.97. The van der Waals surface area contributed by atoms with E-state index in [2.05, 4.69) is 23.4 Å². The quantitative estimate of drug-likeness (QED) is 0.898. The monoisotopic (exact) mass is 258 g/mol. The van der Waals surface area contributed by atoms with E-state index in [0.29, 0.717) is 23.4 Å². The third-order valence-electron chi connectivity index (χ3n) is 4.61. The SMILES string of the molecule is CC1CCC(n2cnc3c(C(=O)O)cccc32)C1C. The molecule has 1 aromatic carbocycles. The van der Waals surface area contributed by atoms with Crippen LogP contribution in [0, 0.1) is 11.8 Å². The third-order valence-corrected chi connectivity index (χ3v) is 4.61. The van der Waals surface area contributed by atoms with Crippen molar-refractivity contribution >= 4 is 17.0 Å². The minimum atomic E-state index is -0.913. The van der Waals surface area contributed by atoms with Gasteiger partial charge in [0.15, 0.2) is 0 Å². The molecule has 1 saturated carbocycles. The maximum absolute atomic E-state index is 11.2. The molecule has 0 aliphatic heterocycles. The van der Waals surface area contributed by atoms with Crippen LogP contribution in [0.4, 0.5) is 0 Å². The van der Waals surface area contributed by atoms with Gasteiger partial charge in [-0.2, -0.15) is 0 Å². The van der Waals surface area contributed by atoms with E-state index in [1.165, 1.54) is 6.42 Å². The summed E-state index contributed by atoms with van der Waals surface area (Å²) in [4.78, 5) is 15.5. The third kappa shape index (κ3) is 1.82. The Morgan fingerprint density at radius 1 is 1.37 bits per heavy atom. The summed E-state index contributed by atoms with van der Waals surface area (Å²) in [6.45, 7) is 4.56. The summed E-state index contributed by atoms with van der Waals surface area (Å²) in [6.07, 6.45) is 4.17. The number of carboxylic acids is 1. The topological polar surface area (TPSA) is 55.1 Å². The number of carbonyl (C=O) groups is 1. The predicted molar refractivity (Wildman–Crippen MR) is 73.3 cm³/mol. The Labute approximate surface area is 112 Å². The summed E-state index contributed by atoms with van der Waals surface area (Å²) in [6, 6.07) is 5.81. The number of fused-ring (bicyclic) bond motifs is 1. The highest BCUT2D eigenvalue weighted by Gasteiger charge is 2.31. The summed E-state index contributed by atoms with van der Waals surface area (Å²) in [5.41, 5.74) is 1.82. The van der Waals surface area contributed by atoms with E-state index in [4.69, 9.17) is 0 Å². The summed E-state index contributed by atoms with van der Waals surface area (Å²) in [5.74, 6) is 0.402. The maximum Gasteiger partial charge on any atom is 0.337 e. The van der Waals surface area contributed by atoms with E-state index >= 15 is 0 Å². The Morgan fingerprint density at radius 3 is 2.79 bits per heavy atom. The first-order valence-electron chi connectivity index (χ1n) is 6.78. The van der Waals surface area contributed by atoms with Gasteiger partial charge in [-0.15, -0.1) is 0 Å². The normalized spacial score (nSPS) is 26.9. The molecular formula is C15H18N2O2. The summed E-state index contributed by atoms with van der Waals surface area (Å²) in [7, 11) is 0. The van der Waals surface area contributed by atoms with Gasteiger partial charge in [0.25, 0.3) is 0 Å². The molecule has 0 bridgehead atoms. The predicted octanol–water partition coefficient (Wildman–Crippen LogP) is 3.34. The van der Waals surface area contributed by atoms with Crippen LogP contribution < -0.4 is 0 Å². The standard InChI is InChI=1S/C15H18N2O2/c1-9-6-7-12(10(9)2)17-8-16-14-11(15(18)19)4-3-5-13(14)17/h3-5,8-10,12H,6-7H2,1-2H3,(H,18,19). The number of aromatic nitrogens is 2. The van der Waals surface area contributed by atoms with E-state index in [9.17, 15) is 9.90 Å². The summed E-state index contributed by atoms with van der Waals surface area (Å²) >= 11 is 0. The molecule has 4 nitrogen and oxygen atoms in total. The van der Waals surface area contributed by atoms with Gasteiger partial charge in [-0.25, -0.2) is 9.78 Å². The molecular weight excluding hydrogens is 240 g/mol. The minimum absolute atomic E-state index is 0.287. The Morgan fingerprint density at radius 2 is 2.16 bits per heavy atom. The fourth-order valence-electron chi connectivity index (χ4n) is 3.23. The number of hydrogen-bond acceptors (Lipinski definition) is 2. The molecule has 1 aromatic heterocycles. The van der Waals surface area contributed by atoms with Crippen molar-refractivity contribution in [3.05, 3.63) is 30.1 Å². The molecule has 0 radical (unpaired) electrons. The highest BCUT2D eigenvalue weighted by molar-refractivity contribution is 6.00. The molecule has 1 fully saturated rings. The zero-order valence-corrected chi connectivity index (χ0v) is 11.2. The number of hydrogen-bond donors (Lipinski definition) is 1. The second-order valence-corrected chi connectivity index (χ2v) is 5.61. The van der Waals surface area contributed by atoms with Crippen LogP contribution in [-0.2, 0) is 0 Å². The van der Waals surface area contributed by atoms with Crippen molar-refractivity contribution in [3.63, 3.8) is 0 Å². The second kappa shape index (κ2) is 4.37. The molecule has 0 saturated heterocycles. The number of para-hydroxylation sites is 1. The van der Waals surface area contributed by atoms with Crippen molar-refractivity contribution in [1.82, 2.24) is 9.55 Å². The molecule has 1 aliphatic rings. The van der Waals surface area contributed by atoms with Crippen LogP contribution in [0.1, 0.15) is 43.1 Å². The van der Waals surface area contributed by atoms with E-state index in [1.54, 1.807) is 18.5 Å². The van der Waals surface area contributed by atoms with Crippen LogP contribution in [0.15, 0.2) is 24.5 Å². The minimum Gasteiger partial charge on any atom is -0.478 e. The lowest BCUT2D eigenvalue weighted by Gasteiger charge is -2.20. The fraction of sp³-hybridized carbons (Fsp3) is 0.467. The van der Waals surface area contributed by atoms with Crippen molar-refractivity contribution in [3.8, 4) is 0 Å². The van der Waals surface area contributed by atoms with Gasteiger partial charge in [0.1, 0.15) is 5.52 Å². The van der Waals surface area contributed by atoms with Gasteiger partial charge >= 0.3 is 5.97 Å². The van der Waals surface area contributed by atoms with Gasteiger partial charge in [0, 0.05) is 6.04 Å². The van der Waals surface area contributed by atoms with Crippen LogP contribution in [0.25, 0.3) is 11.0 Å². The highest BCUT2D eigenvalue weighted by atomic mass is 16.4. The Bertz CT molecular complexity index is 632. The first kappa shape index (κ1) is 12.2. The van der Waals surface area contributed by atoms with Crippen molar-refractivity contribution in [2.75, 3.05) is 0 Å². The van der Waals surface area contributed by atoms with Gasteiger partial charge in [0.05, 0.1) is 17.4 Å². The molecule has 1 N–H and O–H groups in total. The average Bonchev–Trinajstić information content (AvgIpc) is 2.94. The number of imidazole rings is 1. The Kier molecular flexibility index (Phi) is 2.81. The van der Waals surface area contributed by atoms with Crippen molar-refractivity contribution < 1.29 is 9.90 Å². The van der Waals surface area contributed by atoms with Crippen LogP contribution >= 0.6 is 0 Å². The van der Waals surface area contributed by atoms with Crippen LogP contribution in [0.5, 0.6) is 0 Å². The smallest absolute Gasteiger partial charge is 0.337 e. The van der Waals surface area contributed by atoms with E-state index in [0.717, 1.165) is 11.9 Å². The molecule has 3 rings (SSSR count). The lowest BCUT2D eigenvalue weighted by molar-refractivity contribution is 0.0699. The lowest BCUT2D eigenvalue weighted by Crippen LogP contribution is -2.13. The molecule has 0 spiro atoms.